The molecule has 2 aromatic rings. The van der Waals surface area contributed by atoms with E-state index in [4.69, 9.17) is 4.74 Å². The number of ether oxygens (including phenoxy) is 1. The minimum atomic E-state index is -1.02. The highest BCUT2D eigenvalue weighted by atomic mass is 16.5. The van der Waals surface area contributed by atoms with E-state index in [2.05, 4.69) is 6.92 Å². The van der Waals surface area contributed by atoms with Crippen LogP contribution in [0.5, 0.6) is 11.5 Å². The van der Waals surface area contributed by atoms with Crippen molar-refractivity contribution in [2.24, 2.45) is 0 Å². The van der Waals surface area contributed by atoms with Crippen LogP contribution in [-0.2, 0) is 4.79 Å². The largest absolute Gasteiger partial charge is 0.508 e. The van der Waals surface area contributed by atoms with Gasteiger partial charge in [0.1, 0.15) is 11.5 Å². The van der Waals surface area contributed by atoms with E-state index in [-0.39, 0.29) is 11.3 Å². The third kappa shape index (κ3) is 4.88. The van der Waals surface area contributed by atoms with Crippen LogP contribution in [0.4, 0.5) is 0 Å². The Bertz CT molecular complexity index is 687. The second kappa shape index (κ2) is 8.03. The monoisotopic (exact) mass is 312 g/mol. The summed E-state index contributed by atoms with van der Waals surface area (Å²) in [5.74, 6) is -0.194. The zero-order chi connectivity index (χ0) is 16.7. The molecule has 0 saturated heterocycles. The Morgan fingerprint density at radius 2 is 1.91 bits per heavy atom. The molecule has 0 fully saturated rings. The van der Waals surface area contributed by atoms with Crippen molar-refractivity contribution in [3.8, 4) is 11.5 Å². The van der Waals surface area contributed by atoms with E-state index < -0.39 is 5.97 Å². The average Bonchev–Trinajstić information content (AvgIpc) is 2.54. The van der Waals surface area contributed by atoms with Crippen molar-refractivity contribution in [1.29, 1.82) is 0 Å². The highest BCUT2D eigenvalue weighted by molar-refractivity contribution is 6.20. The summed E-state index contributed by atoms with van der Waals surface area (Å²) in [5, 5.41) is 18.8. The Morgan fingerprint density at radius 3 is 2.57 bits per heavy atom. The fourth-order valence-corrected chi connectivity index (χ4v) is 2.10. The zero-order valence-corrected chi connectivity index (χ0v) is 13.0. The lowest BCUT2D eigenvalue weighted by molar-refractivity contribution is -0.130. The lowest BCUT2D eigenvalue weighted by Gasteiger charge is -2.07. The number of aliphatic carboxylic acids is 1. The molecule has 0 aliphatic rings. The van der Waals surface area contributed by atoms with E-state index in [0.717, 1.165) is 24.2 Å². The molecule has 2 rings (SSSR count). The summed E-state index contributed by atoms with van der Waals surface area (Å²) >= 11 is 0. The van der Waals surface area contributed by atoms with Gasteiger partial charge in [-0.1, -0.05) is 37.6 Å². The first-order chi connectivity index (χ1) is 11.1. The van der Waals surface area contributed by atoms with Gasteiger partial charge in [-0.15, -0.1) is 0 Å². The predicted molar refractivity (Wildman–Crippen MR) is 90.5 cm³/mol. The molecule has 23 heavy (non-hydrogen) atoms. The highest BCUT2D eigenvalue weighted by Gasteiger charge is 2.10. The summed E-state index contributed by atoms with van der Waals surface area (Å²) in [5.41, 5.74) is 1.45. The first-order valence-electron chi connectivity index (χ1n) is 7.57. The van der Waals surface area contributed by atoms with Gasteiger partial charge in [0.2, 0.25) is 0 Å². The molecular formula is C19H20O4. The number of phenols is 1. The molecule has 0 saturated carbocycles. The van der Waals surface area contributed by atoms with Crippen molar-refractivity contribution in [2.75, 3.05) is 6.61 Å². The first kappa shape index (κ1) is 16.6. The standard InChI is InChI=1S/C19H20O4/c1-2-3-11-23-17-6-4-5-14(12-17)13-18(19(21)22)15-7-9-16(20)10-8-15/h4-10,12-13,20H,2-3,11H2,1H3,(H,21,22)/b18-13-. The number of unbranched alkanes of at least 4 members (excludes halogenated alkanes) is 1. The van der Waals surface area contributed by atoms with Crippen LogP contribution in [0.2, 0.25) is 0 Å². The van der Waals surface area contributed by atoms with Crippen molar-refractivity contribution < 1.29 is 19.7 Å². The zero-order valence-electron chi connectivity index (χ0n) is 13.0. The summed E-state index contributed by atoms with van der Waals surface area (Å²) in [4.78, 5) is 11.5. The number of phenolic OH excluding ortho intramolecular Hbond substituents is 1. The second-order valence-electron chi connectivity index (χ2n) is 5.18. The third-order valence-electron chi connectivity index (χ3n) is 3.34. The molecule has 0 aliphatic carbocycles. The second-order valence-corrected chi connectivity index (χ2v) is 5.18. The van der Waals surface area contributed by atoms with Gasteiger partial charge in [0.15, 0.2) is 0 Å². The number of carbonyl (C=O) groups is 1. The van der Waals surface area contributed by atoms with Gasteiger partial charge in [-0.3, -0.25) is 0 Å². The van der Waals surface area contributed by atoms with Crippen LogP contribution in [0.1, 0.15) is 30.9 Å². The van der Waals surface area contributed by atoms with Crippen molar-refractivity contribution in [1.82, 2.24) is 0 Å². The summed E-state index contributed by atoms with van der Waals surface area (Å²) in [6.07, 6.45) is 3.64. The molecule has 0 heterocycles. The maximum atomic E-state index is 11.5. The summed E-state index contributed by atoms with van der Waals surface area (Å²) in [6, 6.07) is 13.4. The van der Waals surface area contributed by atoms with E-state index >= 15 is 0 Å². The maximum absolute atomic E-state index is 11.5. The molecule has 2 aromatic carbocycles. The molecule has 0 unspecified atom stereocenters. The molecule has 0 spiro atoms. The van der Waals surface area contributed by atoms with Gasteiger partial charge < -0.3 is 14.9 Å². The van der Waals surface area contributed by atoms with Gasteiger partial charge in [-0.25, -0.2) is 4.79 Å². The van der Waals surface area contributed by atoms with Crippen LogP contribution in [0, 0.1) is 0 Å². The van der Waals surface area contributed by atoms with Crippen LogP contribution < -0.4 is 4.74 Å². The fraction of sp³-hybridized carbons (Fsp3) is 0.211. The van der Waals surface area contributed by atoms with E-state index in [1.165, 1.54) is 12.1 Å². The molecule has 0 radical (unpaired) electrons. The van der Waals surface area contributed by atoms with Crippen LogP contribution in [0.3, 0.4) is 0 Å². The van der Waals surface area contributed by atoms with Gasteiger partial charge >= 0.3 is 5.97 Å². The first-order valence-corrected chi connectivity index (χ1v) is 7.57. The fourth-order valence-electron chi connectivity index (χ4n) is 2.10. The normalized spacial score (nSPS) is 11.3. The summed E-state index contributed by atoms with van der Waals surface area (Å²) in [6.45, 7) is 2.74. The molecule has 0 aliphatic heterocycles. The summed E-state index contributed by atoms with van der Waals surface area (Å²) in [7, 11) is 0. The molecule has 4 heteroatoms. The minimum absolute atomic E-state index is 0.102. The number of rotatable bonds is 7. The van der Waals surface area contributed by atoms with Gasteiger partial charge in [0.05, 0.1) is 12.2 Å². The Kier molecular flexibility index (Phi) is 5.80. The van der Waals surface area contributed by atoms with Crippen molar-refractivity contribution in [3.63, 3.8) is 0 Å². The lowest BCUT2D eigenvalue weighted by atomic mass is 10.0. The molecule has 4 nitrogen and oxygen atoms in total. The average molecular weight is 312 g/mol. The van der Waals surface area contributed by atoms with E-state index in [1.54, 1.807) is 18.2 Å². The van der Waals surface area contributed by atoms with Crippen LogP contribution in [0.15, 0.2) is 48.5 Å². The van der Waals surface area contributed by atoms with E-state index in [9.17, 15) is 15.0 Å². The third-order valence-corrected chi connectivity index (χ3v) is 3.34. The number of carboxylic acids is 1. The number of benzene rings is 2. The smallest absolute Gasteiger partial charge is 0.336 e. The quantitative estimate of drug-likeness (QED) is 0.457. The Hall–Kier alpha value is -2.75. The minimum Gasteiger partial charge on any atom is -0.508 e. The molecule has 2 N–H and O–H groups in total. The van der Waals surface area contributed by atoms with Gasteiger partial charge in [0.25, 0.3) is 0 Å². The Morgan fingerprint density at radius 1 is 1.17 bits per heavy atom. The van der Waals surface area contributed by atoms with Crippen LogP contribution >= 0.6 is 0 Å². The number of hydrogen-bond donors (Lipinski definition) is 2. The molecule has 120 valence electrons. The molecule has 0 atom stereocenters. The van der Waals surface area contributed by atoms with Crippen molar-refractivity contribution >= 4 is 17.6 Å². The van der Waals surface area contributed by atoms with Gasteiger partial charge in [0, 0.05) is 0 Å². The van der Waals surface area contributed by atoms with Crippen LogP contribution in [0.25, 0.3) is 11.6 Å². The van der Waals surface area contributed by atoms with Gasteiger partial charge in [-0.2, -0.15) is 0 Å². The molecule has 0 aromatic heterocycles. The lowest BCUT2D eigenvalue weighted by Crippen LogP contribution is -2.00. The van der Waals surface area contributed by atoms with E-state index in [0.29, 0.717) is 12.2 Å². The topological polar surface area (TPSA) is 66.8 Å². The van der Waals surface area contributed by atoms with Crippen molar-refractivity contribution in [3.05, 3.63) is 59.7 Å². The molecular weight excluding hydrogens is 292 g/mol. The number of aromatic hydroxyl groups is 1. The van der Waals surface area contributed by atoms with Crippen LogP contribution in [-0.4, -0.2) is 22.8 Å². The van der Waals surface area contributed by atoms with Gasteiger partial charge in [-0.05, 0) is 47.9 Å². The maximum Gasteiger partial charge on any atom is 0.336 e. The predicted octanol–water partition coefficient (Wildman–Crippen LogP) is 4.20. The van der Waals surface area contributed by atoms with Crippen molar-refractivity contribution in [2.45, 2.75) is 19.8 Å². The van der Waals surface area contributed by atoms with E-state index in [1.807, 2.05) is 24.3 Å². The Labute approximate surface area is 135 Å². The highest BCUT2D eigenvalue weighted by Crippen LogP contribution is 2.23. The molecule has 0 amide bonds. The Balaban J connectivity index is 2.27. The molecule has 0 bridgehead atoms. The SMILES string of the molecule is CCCCOc1cccc(/C=C(\C(=O)O)c2ccc(O)cc2)c1. The number of hydrogen-bond acceptors (Lipinski definition) is 3. The number of carboxylic acid groups (broad SMARTS) is 1. The summed E-state index contributed by atoms with van der Waals surface area (Å²) < 4.78 is 5.64.